The molecule has 1 atom stereocenters. The first-order valence-corrected chi connectivity index (χ1v) is 10.2. The molecular weight excluding hydrogens is 414 g/mol. The van der Waals surface area contributed by atoms with Gasteiger partial charge in [0, 0.05) is 6.54 Å². The molecule has 2 amide bonds. The van der Waals surface area contributed by atoms with Gasteiger partial charge in [0.25, 0.3) is 11.5 Å². The standard InChI is InChI=1S/C22H25N5O5/c1-3-11-26(21(30)14(2)24-19(28)16-10-7-12-32-16)17-18(23)27(22(31)25-20(17)29)13-15-8-5-4-6-9-15/h4-10,12,14H,3,11,13,23H2,1-2H3,(H,24,28)(H,25,29,31). The Kier molecular flexibility index (Phi) is 6.93. The van der Waals surface area contributed by atoms with E-state index in [0.717, 1.165) is 5.56 Å². The van der Waals surface area contributed by atoms with Crippen LogP contribution < -0.4 is 27.2 Å². The molecule has 32 heavy (non-hydrogen) atoms. The van der Waals surface area contributed by atoms with Gasteiger partial charge in [0.2, 0.25) is 5.91 Å². The molecule has 4 N–H and O–H groups in total. The number of anilines is 2. The molecule has 0 aliphatic heterocycles. The molecule has 10 heteroatoms. The molecule has 3 aromatic rings. The lowest BCUT2D eigenvalue weighted by molar-refractivity contribution is -0.120. The fraction of sp³-hybridized carbons (Fsp3) is 0.273. The predicted molar refractivity (Wildman–Crippen MR) is 120 cm³/mol. The number of aromatic amines is 1. The van der Waals surface area contributed by atoms with Gasteiger partial charge < -0.3 is 20.4 Å². The largest absolute Gasteiger partial charge is 0.459 e. The van der Waals surface area contributed by atoms with Crippen LogP contribution in [0.2, 0.25) is 0 Å². The molecular formula is C22H25N5O5. The van der Waals surface area contributed by atoms with E-state index in [9.17, 15) is 19.2 Å². The molecule has 0 saturated carbocycles. The second kappa shape index (κ2) is 9.82. The first-order chi connectivity index (χ1) is 15.3. The molecule has 1 aromatic carbocycles. The SMILES string of the molecule is CCCN(C(=O)C(C)NC(=O)c1ccco1)c1c(N)n(Cc2ccccc2)c(=O)[nH]c1=O. The molecule has 2 heterocycles. The van der Waals surface area contributed by atoms with E-state index in [1.165, 1.54) is 28.7 Å². The van der Waals surface area contributed by atoms with Gasteiger partial charge in [-0.05, 0) is 31.0 Å². The van der Waals surface area contributed by atoms with Crippen molar-refractivity contribution < 1.29 is 14.0 Å². The monoisotopic (exact) mass is 439 g/mol. The summed E-state index contributed by atoms with van der Waals surface area (Å²) in [5, 5.41) is 2.55. The fourth-order valence-corrected chi connectivity index (χ4v) is 3.29. The predicted octanol–water partition coefficient (Wildman–Crippen LogP) is 1.32. The maximum absolute atomic E-state index is 13.2. The summed E-state index contributed by atoms with van der Waals surface area (Å²) in [4.78, 5) is 54.0. The summed E-state index contributed by atoms with van der Waals surface area (Å²) in [7, 11) is 0. The van der Waals surface area contributed by atoms with E-state index < -0.39 is 29.1 Å². The number of amides is 2. The smallest absolute Gasteiger partial charge is 0.330 e. The minimum Gasteiger partial charge on any atom is -0.459 e. The van der Waals surface area contributed by atoms with Gasteiger partial charge in [-0.3, -0.25) is 23.9 Å². The molecule has 2 aromatic heterocycles. The van der Waals surface area contributed by atoms with E-state index >= 15 is 0 Å². The Morgan fingerprint density at radius 1 is 1.19 bits per heavy atom. The van der Waals surface area contributed by atoms with Crippen molar-refractivity contribution in [2.45, 2.75) is 32.9 Å². The molecule has 0 aliphatic carbocycles. The van der Waals surface area contributed by atoms with Crippen molar-refractivity contribution >= 4 is 23.3 Å². The van der Waals surface area contributed by atoms with Gasteiger partial charge >= 0.3 is 5.69 Å². The topological polar surface area (TPSA) is 143 Å². The molecule has 0 spiro atoms. The number of H-pyrrole nitrogens is 1. The van der Waals surface area contributed by atoms with Gasteiger partial charge in [-0.25, -0.2) is 4.79 Å². The lowest BCUT2D eigenvalue weighted by Gasteiger charge is -2.27. The zero-order chi connectivity index (χ0) is 23.3. The van der Waals surface area contributed by atoms with Crippen LogP contribution in [0.1, 0.15) is 36.4 Å². The molecule has 0 fully saturated rings. The second-order valence-electron chi connectivity index (χ2n) is 7.23. The van der Waals surface area contributed by atoms with Crippen molar-refractivity contribution in [2.75, 3.05) is 17.2 Å². The number of hydrogen-bond donors (Lipinski definition) is 3. The number of carbonyl (C=O) groups excluding carboxylic acids is 2. The minimum atomic E-state index is -0.979. The first-order valence-electron chi connectivity index (χ1n) is 10.2. The maximum Gasteiger partial charge on any atom is 0.330 e. The van der Waals surface area contributed by atoms with Crippen LogP contribution in [-0.4, -0.2) is 34.0 Å². The zero-order valence-corrected chi connectivity index (χ0v) is 17.8. The van der Waals surface area contributed by atoms with Crippen molar-refractivity contribution in [1.29, 1.82) is 0 Å². The summed E-state index contributed by atoms with van der Waals surface area (Å²) in [5.41, 5.74) is 5.44. The van der Waals surface area contributed by atoms with Crippen molar-refractivity contribution in [3.63, 3.8) is 0 Å². The molecule has 0 aliphatic rings. The third-order valence-electron chi connectivity index (χ3n) is 4.84. The van der Waals surface area contributed by atoms with Crippen LogP contribution >= 0.6 is 0 Å². The van der Waals surface area contributed by atoms with E-state index in [4.69, 9.17) is 10.2 Å². The number of nitrogens with two attached hydrogens (primary N) is 1. The summed E-state index contributed by atoms with van der Waals surface area (Å²) in [6, 6.07) is 11.2. The Labute approximate surface area is 183 Å². The van der Waals surface area contributed by atoms with Gasteiger partial charge in [0.1, 0.15) is 11.9 Å². The van der Waals surface area contributed by atoms with E-state index in [2.05, 4.69) is 10.3 Å². The Morgan fingerprint density at radius 3 is 2.53 bits per heavy atom. The number of nitrogens with one attached hydrogen (secondary N) is 2. The third kappa shape index (κ3) is 4.80. The highest BCUT2D eigenvalue weighted by Crippen LogP contribution is 2.19. The zero-order valence-electron chi connectivity index (χ0n) is 17.8. The third-order valence-corrected chi connectivity index (χ3v) is 4.84. The minimum absolute atomic E-state index is 0.0560. The maximum atomic E-state index is 13.2. The molecule has 0 saturated heterocycles. The van der Waals surface area contributed by atoms with Crippen molar-refractivity contribution in [2.24, 2.45) is 0 Å². The number of hydrogen-bond acceptors (Lipinski definition) is 6. The number of carbonyl (C=O) groups is 2. The average Bonchev–Trinajstić information content (AvgIpc) is 3.31. The van der Waals surface area contributed by atoms with Gasteiger partial charge in [0.15, 0.2) is 11.4 Å². The lowest BCUT2D eigenvalue weighted by Crippen LogP contribution is -2.50. The highest BCUT2D eigenvalue weighted by molar-refractivity contribution is 6.02. The van der Waals surface area contributed by atoms with Crippen molar-refractivity contribution in [3.05, 3.63) is 80.9 Å². The molecule has 3 rings (SSSR count). The lowest BCUT2D eigenvalue weighted by atomic mass is 10.2. The van der Waals surface area contributed by atoms with Gasteiger partial charge in [0.05, 0.1) is 12.8 Å². The number of furan rings is 1. The fourth-order valence-electron chi connectivity index (χ4n) is 3.29. The Balaban J connectivity index is 1.95. The summed E-state index contributed by atoms with van der Waals surface area (Å²) < 4.78 is 6.24. The van der Waals surface area contributed by atoms with E-state index in [-0.39, 0.29) is 30.4 Å². The number of nitrogen functional groups attached to an aromatic ring is 1. The Bertz CT molecular complexity index is 1200. The molecule has 10 nitrogen and oxygen atoms in total. The van der Waals surface area contributed by atoms with Gasteiger partial charge in [-0.15, -0.1) is 0 Å². The Morgan fingerprint density at radius 2 is 1.91 bits per heavy atom. The van der Waals surface area contributed by atoms with Crippen LogP contribution in [0.3, 0.4) is 0 Å². The van der Waals surface area contributed by atoms with Crippen molar-refractivity contribution in [1.82, 2.24) is 14.9 Å². The average molecular weight is 439 g/mol. The highest BCUT2D eigenvalue weighted by atomic mass is 16.3. The number of benzene rings is 1. The quantitative estimate of drug-likeness (QED) is 0.483. The first kappa shape index (κ1) is 22.6. The van der Waals surface area contributed by atoms with E-state index in [0.29, 0.717) is 6.42 Å². The number of nitrogens with zero attached hydrogens (tertiary/aromatic N) is 2. The van der Waals surface area contributed by atoms with Crippen LogP contribution in [0.5, 0.6) is 0 Å². The second-order valence-corrected chi connectivity index (χ2v) is 7.23. The van der Waals surface area contributed by atoms with Crippen LogP contribution in [0.4, 0.5) is 11.5 Å². The van der Waals surface area contributed by atoms with Crippen LogP contribution in [0, 0.1) is 0 Å². The molecule has 1 unspecified atom stereocenters. The summed E-state index contributed by atoms with van der Waals surface area (Å²) in [6.45, 7) is 3.61. The van der Waals surface area contributed by atoms with E-state index in [1.807, 2.05) is 37.3 Å². The number of rotatable bonds is 8. The molecule has 0 radical (unpaired) electrons. The van der Waals surface area contributed by atoms with Gasteiger partial charge in [-0.1, -0.05) is 37.3 Å². The summed E-state index contributed by atoms with van der Waals surface area (Å²) in [6.07, 6.45) is 1.86. The molecule has 0 bridgehead atoms. The van der Waals surface area contributed by atoms with Crippen LogP contribution in [0.15, 0.2) is 62.7 Å². The van der Waals surface area contributed by atoms with Crippen LogP contribution in [0.25, 0.3) is 0 Å². The molecule has 168 valence electrons. The number of aromatic nitrogens is 2. The van der Waals surface area contributed by atoms with Gasteiger partial charge in [-0.2, -0.15) is 0 Å². The summed E-state index contributed by atoms with van der Waals surface area (Å²) >= 11 is 0. The van der Waals surface area contributed by atoms with Crippen LogP contribution in [-0.2, 0) is 11.3 Å². The van der Waals surface area contributed by atoms with E-state index in [1.54, 1.807) is 6.07 Å². The Hall–Kier alpha value is -4.08. The normalized spacial score (nSPS) is 11.7. The summed E-state index contributed by atoms with van der Waals surface area (Å²) in [5.74, 6) is -1.19. The van der Waals surface area contributed by atoms with Crippen molar-refractivity contribution in [3.8, 4) is 0 Å². The highest BCUT2D eigenvalue weighted by Gasteiger charge is 2.28.